The first-order chi connectivity index (χ1) is 16.6. The van der Waals surface area contributed by atoms with Gasteiger partial charge in [-0.3, -0.25) is 9.59 Å². The van der Waals surface area contributed by atoms with Gasteiger partial charge in [-0.1, -0.05) is 83.9 Å². The van der Waals surface area contributed by atoms with E-state index in [1.54, 1.807) is 23.1 Å². The lowest BCUT2D eigenvalue weighted by atomic mass is 10.0. The molecule has 0 saturated heterocycles. The average Bonchev–Trinajstić information content (AvgIpc) is 2.81. The van der Waals surface area contributed by atoms with Crippen LogP contribution in [0.25, 0.3) is 0 Å². The van der Waals surface area contributed by atoms with Gasteiger partial charge in [-0.2, -0.15) is 0 Å². The Bertz CT molecular complexity index is 1130. The van der Waals surface area contributed by atoms with Crippen LogP contribution in [0.15, 0.2) is 78.9 Å². The third-order valence-corrected chi connectivity index (χ3v) is 5.74. The minimum Gasteiger partial charge on any atom is -0.482 e. The van der Waals surface area contributed by atoms with Gasteiger partial charge in [0.05, 0.1) is 5.02 Å². The van der Waals surface area contributed by atoms with Gasteiger partial charge in [-0.05, 0) is 50.1 Å². The summed E-state index contributed by atoms with van der Waals surface area (Å²) in [6.45, 7) is 5.73. The van der Waals surface area contributed by atoms with Crippen molar-refractivity contribution in [3.8, 4) is 5.75 Å². The van der Waals surface area contributed by atoms with Gasteiger partial charge in [0.15, 0.2) is 6.61 Å². The Morgan fingerprint density at radius 1 is 0.914 bits per heavy atom. The molecule has 0 bridgehead atoms. The topological polar surface area (TPSA) is 58.6 Å². The normalized spacial score (nSPS) is 12.0. The summed E-state index contributed by atoms with van der Waals surface area (Å²) in [5.41, 5.74) is 1.40. The van der Waals surface area contributed by atoms with Gasteiger partial charge < -0.3 is 15.0 Å². The zero-order valence-corrected chi connectivity index (χ0v) is 21.6. The van der Waals surface area contributed by atoms with Gasteiger partial charge in [0.2, 0.25) is 5.91 Å². The van der Waals surface area contributed by atoms with Crippen LogP contribution < -0.4 is 10.1 Å². The van der Waals surface area contributed by atoms with Crippen LogP contribution in [0.3, 0.4) is 0 Å². The quantitative estimate of drug-likeness (QED) is 0.386. The van der Waals surface area contributed by atoms with Crippen LogP contribution in [0.5, 0.6) is 5.75 Å². The first-order valence-corrected chi connectivity index (χ1v) is 12.1. The van der Waals surface area contributed by atoms with Gasteiger partial charge >= 0.3 is 0 Å². The highest BCUT2D eigenvalue weighted by atomic mass is 35.5. The molecule has 3 aromatic carbocycles. The predicted octanol–water partition coefficient (Wildman–Crippen LogP) is 5.93. The molecule has 184 valence electrons. The zero-order valence-electron chi connectivity index (χ0n) is 20.1. The second kappa shape index (κ2) is 12.1. The van der Waals surface area contributed by atoms with E-state index in [9.17, 15) is 9.59 Å². The molecule has 0 fully saturated rings. The molecule has 5 nitrogen and oxygen atoms in total. The van der Waals surface area contributed by atoms with Crippen LogP contribution in [-0.2, 0) is 22.6 Å². The van der Waals surface area contributed by atoms with Gasteiger partial charge in [0.1, 0.15) is 11.8 Å². The maximum absolute atomic E-state index is 13.6. The average molecular weight is 513 g/mol. The lowest BCUT2D eigenvalue weighted by Crippen LogP contribution is -2.55. The van der Waals surface area contributed by atoms with Crippen LogP contribution in [0, 0.1) is 0 Å². The summed E-state index contributed by atoms with van der Waals surface area (Å²) in [6, 6.07) is 23.3. The molecule has 0 aliphatic rings. The summed E-state index contributed by atoms with van der Waals surface area (Å²) in [5.74, 6) is -0.206. The predicted molar refractivity (Wildman–Crippen MR) is 141 cm³/mol. The van der Waals surface area contributed by atoms with E-state index in [-0.39, 0.29) is 25.0 Å². The second-order valence-corrected chi connectivity index (χ2v) is 10.2. The van der Waals surface area contributed by atoms with Crippen molar-refractivity contribution in [3.05, 3.63) is 100 Å². The van der Waals surface area contributed by atoms with E-state index in [1.807, 2.05) is 81.4 Å². The van der Waals surface area contributed by atoms with Crippen molar-refractivity contribution in [3.63, 3.8) is 0 Å². The first kappa shape index (κ1) is 26.6. The van der Waals surface area contributed by atoms with Gasteiger partial charge in [-0.15, -0.1) is 0 Å². The number of nitrogens with one attached hydrogen (secondary N) is 1. The third-order valence-electron chi connectivity index (χ3n) is 5.21. The number of benzene rings is 3. The van der Waals surface area contributed by atoms with E-state index < -0.39 is 11.6 Å². The number of amides is 2. The van der Waals surface area contributed by atoms with E-state index in [0.717, 1.165) is 11.1 Å². The minimum atomic E-state index is -0.742. The molecule has 3 aromatic rings. The molecule has 0 aromatic heterocycles. The van der Waals surface area contributed by atoms with Gasteiger partial charge in [0, 0.05) is 23.5 Å². The summed E-state index contributed by atoms with van der Waals surface area (Å²) in [6.07, 6.45) is 0.364. The number of hydrogen-bond donors (Lipinski definition) is 1. The van der Waals surface area contributed by atoms with Gasteiger partial charge in [-0.25, -0.2) is 0 Å². The van der Waals surface area contributed by atoms with E-state index in [0.29, 0.717) is 22.2 Å². The molecule has 2 amide bonds. The molecule has 0 unspecified atom stereocenters. The fraction of sp³-hybridized carbons (Fsp3) is 0.286. The van der Waals surface area contributed by atoms with Crippen LogP contribution >= 0.6 is 23.2 Å². The smallest absolute Gasteiger partial charge is 0.261 e. The van der Waals surface area contributed by atoms with Crippen molar-refractivity contribution in [1.29, 1.82) is 0 Å². The molecular formula is C28H30Cl2N2O3. The Hall–Kier alpha value is -3.02. The van der Waals surface area contributed by atoms with Crippen LogP contribution in [-0.4, -0.2) is 34.9 Å². The Morgan fingerprint density at radius 2 is 1.51 bits per heavy atom. The van der Waals surface area contributed by atoms with Crippen molar-refractivity contribution in [1.82, 2.24) is 10.2 Å². The van der Waals surface area contributed by atoms with E-state index in [2.05, 4.69) is 5.32 Å². The SMILES string of the molecule is CC(C)(C)NC(=O)[C@H](Cc1ccccc1)N(Cc1ccccc1)C(=O)COc1ccc(Cl)cc1Cl. The molecule has 0 saturated carbocycles. The summed E-state index contributed by atoms with van der Waals surface area (Å²) in [4.78, 5) is 28.6. The second-order valence-electron chi connectivity index (χ2n) is 9.32. The standard InChI is InChI=1S/C28H30Cl2N2O3/c1-28(2,3)31-27(34)24(16-20-10-6-4-7-11-20)32(18-21-12-8-5-9-13-21)26(33)19-35-25-15-14-22(29)17-23(25)30/h4-15,17,24H,16,18-19H2,1-3H3,(H,31,34)/t24-/m0/s1. The number of hydrogen-bond acceptors (Lipinski definition) is 3. The highest BCUT2D eigenvalue weighted by Gasteiger charge is 2.32. The maximum Gasteiger partial charge on any atom is 0.261 e. The Balaban J connectivity index is 1.91. The summed E-state index contributed by atoms with van der Waals surface area (Å²) in [7, 11) is 0. The zero-order chi connectivity index (χ0) is 25.4. The molecule has 1 atom stereocenters. The highest BCUT2D eigenvalue weighted by molar-refractivity contribution is 6.35. The molecule has 0 heterocycles. The minimum absolute atomic E-state index is 0.227. The van der Waals surface area contributed by atoms with Crippen molar-refractivity contribution in [2.24, 2.45) is 0 Å². The molecule has 0 radical (unpaired) electrons. The number of rotatable bonds is 9. The number of carbonyl (C=O) groups excluding carboxylic acids is 2. The number of ether oxygens (including phenoxy) is 1. The maximum atomic E-state index is 13.6. The Morgan fingerprint density at radius 3 is 2.09 bits per heavy atom. The molecule has 7 heteroatoms. The fourth-order valence-corrected chi connectivity index (χ4v) is 4.06. The summed E-state index contributed by atoms with van der Waals surface area (Å²) in [5, 5.41) is 3.82. The molecule has 3 rings (SSSR count). The molecule has 0 spiro atoms. The molecule has 35 heavy (non-hydrogen) atoms. The monoisotopic (exact) mass is 512 g/mol. The first-order valence-electron chi connectivity index (χ1n) is 11.4. The summed E-state index contributed by atoms with van der Waals surface area (Å²) < 4.78 is 5.74. The molecule has 0 aliphatic carbocycles. The third kappa shape index (κ3) is 8.30. The van der Waals surface area contributed by atoms with E-state index >= 15 is 0 Å². The molecular weight excluding hydrogens is 483 g/mol. The van der Waals surface area contributed by atoms with Crippen LogP contribution in [0.1, 0.15) is 31.9 Å². The lowest BCUT2D eigenvalue weighted by molar-refractivity contribution is -0.143. The number of halogens is 2. The number of carbonyl (C=O) groups is 2. The summed E-state index contributed by atoms with van der Waals surface area (Å²) >= 11 is 12.2. The highest BCUT2D eigenvalue weighted by Crippen LogP contribution is 2.27. The van der Waals surface area contributed by atoms with Crippen LogP contribution in [0.4, 0.5) is 0 Å². The van der Waals surface area contributed by atoms with Gasteiger partial charge in [0.25, 0.3) is 5.91 Å². The Kier molecular flexibility index (Phi) is 9.19. The fourth-order valence-electron chi connectivity index (χ4n) is 3.60. The van der Waals surface area contributed by atoms with Crippen molar-refractivity contribution in [2.75, 3.05) is 6.61 Å². The lowest BCUT2D eigenvalue weighted by Gasteiger charge is -2.33. The largest absolute Gasteiger partial charge is 0.482 e. The van der Waals surface area contributed by atoms with Crippen molar-refractivity contribution < 1.29 is 14.3 Å². The van der Waals surface area contributed by atoms with Crippen molar-refractivity contribution >= 4 is 35.0 Å². The van der Waals surface area contributed by atoms with E-state index in [4.69, 9.17) is 27.9 Å². The molecule has 1 N–H and O–H groups in total. The molecule has 0 aliphatic heterocycles. The number of nitrogens with zero attached hydrogens (tertiary/aromatic N) is 1. The van der Waals surface area contributed by atoms with E-state index in [1.165, 1.54) is 0 Å². The Labute approximate surface area is 217 Å². The van der Waals surface area contributed by atoms with Crippen LogP contribution in [0.2, 0.25) is 10.0 Å². The van der Waals surface area contributed by atoms with Crippen molar-refractivity contribution in [2.45, 2.75) is 45.3 Å².